The number of carbonyl (C=O) groups is 1. The lowest BCUT2D eigenvalue weighted by atomic mass is 10.00. The van der Waals surface area contributed by atoms with Gasteiger partial charge in [-0.1, -0.05) is 12.1 Å². The minimum absolute atomic E-state index is 0.146. The molecule has 7 heteroatoms. The molecule has 1 fully saturated rings. The molecule has 0 bridgehead atoms. The van der Waals surface area contributed by atoms with Crippen LogP contribution in [0.1, 0.15) is 31.4 Å². The van der Waals surface area contributed by atoms with E-state index in [1.54, 1.807) is 19.1 Å². The van der Waals surface area contributed by atoms with Crippen LogP contribution in [-0.2, 0) is 19.6 Å². The van der Waals surface area contributed by atoms with Crippen molar-refractivity contribution in [2.24, 2.45) is 5.92 Å². The van der Waals surface area contributed by atoms with Gasteiger partial charge in [-0.2, -0.15) is 0 Å². The van der Waals surface area contributed by atoms with E-state index in [1.807, 2.05) is 0 Å². The summed E-state index contributed by atoms with van der Waals surface area (Å²) in [5.41, 5.74) is 0.573. The molecule has 2 atom stereocenters. The lowest BCUT2D eigenvalue weighted by Gasteiger charge is -2.30. The molecular formula is C15H20FNO4S. The van der Waals surface area contributed by atoms with Crippen LogP contribution in [0.3, 0.4) is 0 Å². The molecule has 122 valence electrons. The summed E-state index contributed by atoms with van der Waals surface area (Å²) < 4.78 is 43.0. The van der Waals surface area contributed by atoms with Crippen LogP contribution >= 0.6 is 0 Å². The second kappa shape index (κ2) is 6.75. The fourth-order valence-electron chi connectivity index (χ4n) is 2.53. The van der Waals surface area contributed by atoms with Gasteiger partial charge in [0.15, 0.2) is 0 Å². The first-order chi connectivity index (χ1) is 10.3. The highest BCUT2D eigenvalue weighted by Crippen LogP contribution is 2.24. The number of hydrogen-bond acceptors (Lipinski definition) is 4. The molecule has 0 aromatic heterocycles. The third kappa shape index (κ3) is 4.27. The topological polar surface area (TPSA) is 63.7 Å². The Labute approximate surface area is 130 Å². The molecule has 22 heavy (non-hydrogen) atoms. The van der Waals surface area contributed by atoms with Crippen LogP contribution in [-0.4, -0.2) is 38.0 Å². The molecule has 0 aliphatic carbocycles. The summed E-state index contributed by atoms with van der Waals surface area (Å²) in [5.74, 6) is -1.30. The third-order valence-electron chi connectivity index (χ3n) is 3.80. The molecule has 1 heterocycles. The zero-order valence-electron chi connectivity index (χ0n) is 12.7. The molecule has 0 unspecified atom stereocenters. The highest BCUT2D eigenvalue weighted by molar-refractivity contribution is 7.88. The van der Waals surface area contributed by atoms with Gasteiger partial charge in [-0.15, -0.1) is 0 Å². The monoisotopic (exact) mass is 329 g/mol. The van der Waals surface area contributed by atoms with Crippen LogP contribution in [0.25, 0.3) is 0 Å². The largest absolute Gasteiger partial charge is 0.458 e. The Balaban J connectivity index is 1.99. The van der Waals surface area contributed by atoms with Gasteiger partial charge in [-0.3, -0.25) is 4.79 Å². The van der Waals surface area contributed by atoms with Gasteiger partial charge in [-0.25, -0.2) is 17.1 Å². The number of hydrogen-bond donors (Lipinski definition) is 0. The predicted octanol–water partition coefficient (Wildman–Crippen LogP) is 2.10. The van der Waals surface area contributed by atoms with Crippen LogP contribution in [0.5, 0.6) is 0 Å². The Morgan fingerprint density at radius 2 is 2.18 bits per heavy atom. The fraction of sp³-hybridized carbons (Fsp3) is 0.533. The number of esters is 1. The second-order valence-electron chi connectivity index (χ2n) is 5.59. The smallest absolute Gasteiger partial charge is 0.310 e. The Hall–Kier alpha value is -1.47. The van der Waals surface area contributed by atoms with Crippen LogP contribution < -0.4 is 0 Å². The highest BCUT2D eigenvalue weighted by Gasteiger charge is 2.32. The molecule has 5 nitrogen and oxygen atoms in total. The molecule has 0 N–H and O–H groups in total. The summed E-state index contributed by atoms with van der Waals surface area (Å²) in [6.45, 7) is 2.25. The Morgan fingerprint density at radius 1 is 1.45 bits per heavy atom. The van der Waals surface area contributed by atoms with Crippen molar-refractivity contribution in [3.63, 3.8) is 0 Å². The summed E-state index contributed by atoms with van der Waals surface area (Å²) in [4.78, 5) is 12.2. The lowest BCUT2D eigenvalue weighted by molar-refractivity contribution is -0.154. The van der Waals surface area contributed by atoms with Gasteiger partial charge in [0.2, 0.25) is 10.0 Å². The maximum absolute atomic E-state index is 13.2. The van der Waals surface area contributed by atoms with Crippen molar-refractivity contribution in [1.29, 1.82) is 0 Å². The number of halogens is 1. The first-order valence-corrected chi connectivity index (χ1v) is 9.03. The molecule has 1 aliphatic heterocycles. The number of nitrogens with zero attached hydrogens (tertiary/aromatic N) is 1. The molecule has 0 spiro atoms. The molecule has 1 saturated heterocycles. The molecule has 1 aromatic carbocycles. The quantitative estimate of drug-likeness (QED) is 0.794. The van der Waals surface area contributed by atoms with Gasteiger partial charge in [-0.05, 0) is 37.5 Å². The number of rotatable bonds is 4. The fourth-order valence-corrected chi connectivity index (χ4v) is 3.45. The van der Waals surface area contributed by atoms with Crippen molar-refractivity contribution < 1.29 is 22.3 Å². The Kier molecular flexibility index (Phi) is 5.18. The van der Waals surface area contributed by atoms with Crippen molar-refractivity contribution in [2.45, 2.75) is 25.9 Å². The van der Waals surface area contributed by atoms with E-state index in [0.717, 1.165) is 6.26 Å². The van der Waals surface area contributed by atoms with E-state index in [1.165, 1.54) is 16.4 Å². The van der Waals surface area contributed by atoms with Gasteiger partial charge in [0.1, 0.15) is 11.9 Å². The van der Waals surface area contributed by atoms with E-state index in [4.69, 9.17) is 4.74 Å². The van der Waals surface area contributed by atoms with Gasteiger partial charge in [0, 0.05) is 13.1 Å². The second-order valence-corrected chi connectivity index (χ2v) is 7.58. The van der Waals surface area contributed by atoms with Crippen molar-refractivity contribution in [3.8, 4) is 0 Å². The number of sulfonamides is 1. The minimum atomic E-state index is -3.30. The number of ether oxygens (including phenoxy) is 1. The standard InChI is InChI=1S/C15H20FNO4S/c1-11(12-5-3-7-14(16)9-12)21-15(18)13-6-4-8-17(10-13)22(2,19)20/h3,5,7,9,11,13H,4,6,8,10H2,1-2H3/t11-,13-/m0/s1. The molecule has 0 radical (unpaired) electrons. The van der Waals surface area contributed by atoms with E-state index < -0.39 is 28.0 Å². The van der Waals surface area contributed by atoms with Crippen LogP contribution in [0, 0.1) is 11.7 Å². The predicted molar refractivity (Wildman–Crippen MR) is 80.0 cm³/mol. The first kappa shape index (κ1) is 16.9. The van der Waals surface area contributed by atoms with Crippen molar-refractivity contribution in [1.82, 2.24) is 4.31 Å². The highest BCUT2D eigenvalue weighted by atomic mass is 32.2. The number of benzene rings is 1. The Bertz CT molecular complexity index is 647. The van der Waals surface area contributed by atoms with Gasteiger partial charge < -0.3 is 4.74 Å². The summed E-state index contributed by atoms with van der Waals surface area (Å²) in [7, 11) is -3.30. The van der Waals surface area contributed by atoms with Crippen molar-refractivity contribution >= 4 is 16.0 Å². The van der Waals surface area contributed by atoms with Gasteiger partial charge >= 0.3 is 5.97 Å². The van der Waals surface area contributed by atoms with Gasteiger partial charge in [0.25, 0.3) is 0 Å². The van der Waals surface area contributed by atoms with E-state index in [0.29, 0.717) is 24.9 Å². The Morgan fingerprint density at radius 3 is 2.82 bits per heavy atom. The normalized spacial score (nSPS) is 21.3. The van der Waals surface area contributed by atoms with Crippen LogP contribution in [0.4, 0.5) is 4.39 Å². The van der Waals surface area contributed by atoms with Crippen LogP contribution in [0.15, 0.2) is 24.3 Å². The molecule has 2 rings (SSSR count). The molecule has 1 aliphatic rings. The average Bonchev–Trinajstić information content (AvgIpc) is 2.46. The molecule has 0 amide bonds. The SMILES string of the molecule is C[C@H](OC(=O)[C@H]1CCCN(S(C)(=O)=O)C1)c1cccc(F)c1. The van der Waals surface area contributed by atoms with Crippen molar-refractivity contribution in [2.75, 3.05) is 19.3 Å². The maximum Gasteiger partial charge on any atom is 0.310 e. The molecule has 0 saturated carbocycles. The molecule has 1 aromatic rings. The summed E-state index contributed by atoms with van der Waals surface area (Å²) >= 11 is 0. The average molecular weight is 329 g/mol. The zero-order valence-corrected chi connectivity index (χ0v) is 13.5. The van der Waals surface area contributed by atoms with Gasteiger partial charge in [0.05, 0.1) is 12.2 Å². The number of piperidine rings is 1. The van der Waals surface area contributed by atoms with E-state index in [2.05, 4.69) is 0 Å². The summed E-state index contributed by atoms with van der Waals surface area (Å²) in [5, 5.41) is 0. The summed E-state index contributed by atoms with van der Waals surface area (Å²) in [6, 6.07) is 5.89. The maximum atomic E-state index is 13.2. The van der Waals surface area contributed by atoms with E-state index >= 15 is 0 Å². The lowest BCUT2D eigenvalue weighted by Crippen LogP contribution is -2.42. The minimum Gasteiger partial charge on any atom is -0.458 e. The number of carbonyl (C=O) groups excluding carboxylic acids is 1. The summed E-state index contributed by atoms with van der Waals surface area (Å²) in [6.07, 6.45) is 1.79. The van der Waals surface area contributed by atoms with E-state index in [9.17, 15) is 17.6 Å². The zero-order chi connectivity index (χ0) is 16.3. The van der Waals surface area contributed by atoms with Crippen LogP contribution in [0.2, 0.25) is 0 Å². The molecular weight excluding hydrogens is 309 g/mol. The van der Waals surface area contributed by atoms with Crippen molar-refractivity contribution in [3.05, 3.63) is 35.6 Å². The first-order valence-electron chi connectivity index (χ1n) is 7.18. The third-order valence-corrected chi connectivity index (χ3v) is 5.07. The van der Waals surface area contributed by atoms with E-state index in [-0.39, 0.29) is 12.4 Å².